The fourth-order valence-electron chi connectivity index (χ4n) is 2.31. The van der Waals surface area contributed by atoms with Crippen molar-refractivity contribution in [2.75, 3.05) is 13.2 Å². The number of fused-ring (bicyclic) bond motifs is 1. The van der Waals surface area contributed by atoms with E-state index in [1.165, 1.54) is 17.5 Å². The molecule has 2 heteroatoms. The Labute approximate surface area is 97.7 Å². The van der Waals surface area contributed by atoms with Crippen LogP contribution in [0.4, 0.5) is 0 Å². The molecule has 1 unspecified atom stereocenters. The summed E-state index contributed by atoms with van der Waals surface area (Å²) in [6, 6.07) is 8.66. The Morgan fingerprint density at radius 3 is 2.81 bits per heavy atom. The van der Waals surface area contributed by atoms with Crippen molar-refractivity contribution in [2.24, 2.45) is 0 Å². The molecule has 16 heavy (non-hydrogen) atoms. The maximum atomic E-state index is 8.96. The van der Waals surface area contributed by atoms with Crippen LogP contribution in [0.5, 0.6) is 0 Å². The third-order valence-electron chi connectivity index (χ3n) is 3.53. The summed E-state index contributed by atoms with van der Waals surface area (Å²) in [7, 11) is 0. The second-order valence-electron chi connectivity index (χ2n) is 5.34. The van der Waals surface area contributed by atoms with Crippen LogP contribution in [0.25, 0.3) is 0 Å². The van der Waals surface area contributed by atoms with Gasteiger partial charge in [0.05, 0.1) is 0 Å². The van der Waals surface area contributed by atoms with Gasteiger partial charge in [0, 0.05) is 24.6 Å². The van der Waals surface area contributed by atoms with Crippen molar-refractivity contribution in [3.63, 3.8) is 0 Å². The lowest BCUT2D eigenvalue weighted by molar-refractivity contribution is 0.228. The van der Waals surface area contributed by atoms with E-state index in [0.717, 1.165) is 13.0 Å². The number of rotatable bonds is 5. The number of hydrogen-bond donors (Lipinski definition) is 2. The Morgan fingerprint density at radius 2 is 2.12 bits per heavy atom. The molecular formula is C14H21NO. The quantitative estimate of drug-likeness (QED) is 0.794. The maximum Gasteiger partial charge on any atom is 0.0448 e. The number of aliphatic hydroxyl groups is 1. The minimum Gasteiger partial charge on any atom is -0.396 e. The van der Waals surface area contributed by atoms with Crippen molar-refractivity contribution < 1.29 is 5.11 Å². The number of hydrogen-bond acceptors (Lipinski definition) is 2. The molecule has 88 valence electrons. The molecule has 0 aromatic heterocycles. The topological polar surface area (TPSA) is 32.3 Å². The van der Waals surface area contributed by atoms with E-state index in [9.17, 15) is 0 Å². The normalized spacial score (nSPS) is 19.1. The van der Waals surface area contributed by atoms with Gasteiger partial charge in [0.15, 0.2) is 0 Å². The van der Waals surface area contributed by atoms with Crippen molar-refractivity contribution in [3.8, 4) is 0 Å². The molecule has 1 aliphatic rings. The van der Waals surface area contributed by atoms with Gasteiger partial charge in [0.2, 0.25) is 0 Å². The molecule has 0 fully saturated rings. The van der Waals surface area contributed by atoms with Crippen LogP contribution in [0.15, 0.2) is 24.3 Å². The highest BCUT2D eigenvalue weighted by Gasteiger charge is 2.27. The van der Waals surface area contributed by atoms with E-state index in [0.29, 0.717) is 5.92 Å². The monoisotopic (exact) mass is 219 g/mol. The van der Waals surface area contributed by atoms with Crippen molar-refractivity contribution in [3.05, 3.63) is 35.4 Å². The molecule has 0 bridgehead atoms. The Hall–Kier alpha value is -0.860. The first-order chi connectivity index (χ1) is 7.62. The zero-order chi connectivity index (χ0) is 11.6. The summed E-state index contributed by atoms with van der Waals surface area (Å²) < 4.78 is 0. The van der Waals surface area contributed by atoms with E-state index in [2.05, 4.69) is 43.4 Å². The minimum absolute atomic E-state index is 0.0410. The van der Waals surface area contributed by atoms with Gasteiger partial charge < -0.3 is 10.4 Å². The number of benzene rings is 1. The fraction of sp³-hybridized carbons (Fsp3) is 0.571. The SMILES string of the molecule is CC(C)(CCO)NCC1Cc2ccccc21. The first-order valence-corrected chi connectivity index (χ1v) is 6.06. The van der Waals surface area contributed by atoms with Crippen LogP contribution in [0.2, 0.25) is 0 Å². The number of nitrogens with one attached hydrogen (secondary N) is 1. The molecular weight excluding hydrogens is 198 g/mol. The molecule has 1 aromatic rings. The summed E-state index contributed by atoms with van der Waals surface area (Å²) in [5.74, 6) is 0.661. The van der Waals surface area contributed by atoms with Crippen LogP contribution in [-0.4, -0.2) is 23.8 Å². The first kappa shape index (κ1) is 11.6. The van der Waals surface area contributed by atoms with Crippen LogP contribution in [0.3, 0.4) is 0 Å². The summed E-state index contributed by atoms with van der Waals surface area (Å²) in [5, 5.41) is 12.5. The predicted octanol–water partition coefficient (Wildman–Crippen LogP) is 2.08. The Morgan fingerprint density at radius 1 is 1.38 bits per heavy atom. The van der Waals surface area contributed by atoms with Crippen LogP contribution >= 0.6 is 0 Å². The van der Waals surface area contributed by atoms with Gasteiger partial charge in [-0.3, -0.25) is 0 Å². The molecule has 1 aromatic carbocycles. The molecule has 0 saturated carbocycles. The average Bonchev–Trinajstić information content (AvgIpc) is 2.19. The fourth-order valence-corrected chi connectivity index (χ4v) is 2.31. The molecule has 0 radical (unpaired) electrons. The molecule has 0 spiro atoms. The first-order valence-electron chi connectivity index (χ1n) is 6.06. The lowest BCUT2D eigenvalue weighted by atomic mass is 9.77. The van der Waals surface area contributed by atoms with E-state index >= 15 is 0 Å². The molecule has 2 nitrogen and oxygen atoms in total. The lowest BCUT2D eigenvalue weighted by Crippen LogP contribution is -2.43. The summed E-state index contributed by atoms with van der Waals surface area (Å²) in [4.78, 5) is 0. The molecule has 0 aliphatic heterocycles. The molecule has 0 saturated heterocycles. The van der Waals surface area contributed by atoms with Gasteiger partial charge in [-0.05, 0) is 37.8 Å². The molecule has 1 aliphatic carbocycles. The Kier molecular flexibility index (Phi) is 3.31. The average molecular weight is 219 g/mol. The van der Waals surface area contributed by atoms with E-state index < -0.39 is 0 Å². The molecule has 2 N–H and O–H groups in total. The summed E-state index contributed by atoms with van der Waals surface area (Å²) in [6.07, 6.45) is 2.00. The minimum atomic E-state index is 0.0410. The van der Waals surface area contributed by atoms with Gasteiger partial charge in [-0.1, -0.05) is 24.3 Å². The second kappa shape index (κ2) is 4.56. The zero-order valence-electron chi connectivity index (χ0n) is 10.2. The molecule has 0 amide bonds. The van der Waals surface area contributed by atoms with E-state index in [1.807, 2.05) is 0 Å². The second-order valence-corrected chi connectivity index (χ2v) is 5.34. The van der Waals surface area contributed by atoms with Crippen LogP contribution < -0.4 is 5.32 Å². The molecule has 2 rings (SSSR count). The van der Waals surface area contributed by atoms with Gasteiger partial charge in [0.1, 0.15) is 0 Å². The third kappa shape index (κ3) is 2.45. The largest absolute Gasteiger partial charge is 0.396 e. The van der Waals surface area contributed by atoms with E-state index in [4.69, 9.17) is 5.11 Å². The van der Waals surface area contributed by atoms with Crippen LogP contribution in [0, 0.1) is 0 Å². The smallest absolute Gasteiger partial charge is 0.0448 e. The van der Waals surface area contributed by atoms with Crippen molar-refractivity contribution >= 4 is 0 Å². The van der Waals surface area contributed by atoms with Crippen LogP contribution in [-0.2, 0) is 6.42 Å². The van der Waals surface area contributed by atoms with Crippen molar-refractivity contribution in [2.45, 2.75) is 38.1 Å². The zero-order valence-corrected chi connectivity index (χ0v) is 10.2. The van der Waals surface area contributed by atoms with E-state index in [1.54, 1.807) is 0 Å². The van der Waals surface area contributed by atoms with E-state index in [-0.39, 0.29) is 12.1 Å². The summed E-state index contributed by atoms with van der Waals surface area (Å²) in [5.41, 5.74) is 3.03. The molecule has 0 heterocycles. The summed E-state index contributed by atoms with van der Waals surface area (Å²) >= 11 is 0. The van der Waals surface area contributed by atoms with Gasteiger partial charge in [-0.15, -0.1) is 0 Å². The number of aliphatic hydroxyl groups excluding tert-OH is 1. The highest BCUT2D eigenvalue weighted by atomic mass is 16.3. The highest BCUT2D eigenvalue weighted by Crippen LogP contribution is 2.34. The van der Waals surface area contributed by atoms with Crippen molar-refractivity contribution in [1.29, 1.82) is 0 Å². The Bertz CT molecular complexity index is 360. The highest BCUT2D eigenvalue weighted by molar-refractivity contribution is 5.40. The van der Waals surface area contributed by atoms with Crippen molar-refractivity contribution in [1.82, 2.24) is 5.32 Å². The van der Waals surface area contributed by atoms with Gasteiger partial charge in [-0.2, -0.15) is 0 Å². The maximum absolute atomic E-state index is 8.96. The Balaban J connectivity index is 1.86. The third-order valence-corrected chi connectivity index (χ3v) is 3.53. The van der Waals surface area contributed by atoms with Gasteiger partial charge in [0.25, 0.3) is 0 Å². The molecule has 1 atom stereocenters. The van der Waals surface area contributed by atoms with Gasteiger partial charge >= 0.3 is 0 Å². The predicted molar refractivity (Wildman–Crippen MR) is 66.7 cm³/mol. The van der Waals surface area contributed by atoms with Gasteiger partial charge in [-0.25, -0.2) is 0 Å². The van der Waals surface area contributed by atoms with Crippen LogP contribution in [0.1, 0.15) is 37.3 Å². The lowest BCUT2D eigenvalue weighted by Gasteiger charge is -2.34. The summed E-state index contributed by atoms with van der Waals surface area (Å²) in [6.45, 7) is 5.56. The standard InChI is InChI=1S/C14H21NO/c1-14(2,7-8-16)15-10-12-9-11-5-3-4-6-13(11)12/h3-6,12,15-16H,7-10H2,1-2H3.